The predicted octanol–water partition coefficient (Wildman–Crippen LogP) is 6.37. The van der Waals surface area contributed by atoms with Gasteiger partial charge in [0.05, 0.1) is 18.7 Å². The molecule has 3 aromatic rings. The van der Waals surface area contributed by atoms with E-state index in [9.17, 15) is 14.7 Å². The van der Waals surface area contributed by atoms with Crippen LogP contribution in [0.4, 0.5) is 0 Å². The van der Waals surface area contributed by atoms with E-state index in [4.69, 9.17) is 4.74 Å². The second-order valence-corrected chi connectivity index (χ2v) is 10.4. The summed E-state index contributed by atoms with van der Waals surface area (Å²) >= 11 is 0. The Balaban J connectivity index is 1.37. The van der Waals surface area contributed by atoms with Gasteiger partial charge in [0, 0.05) is 29.0 Å². The van der Waals surface area contributed by atoms with Crippen molar-refractivity contribution in [1.82, 2.24) is 10.3 Å². The Morgan fingerprint density at radius 2 is 1.79 bits per heavy atom. The summed E-state index contributed by atoms with van der Waals surface area (Å²) in [6.07, 6.45) is 7.62. The van der Waals surface area contributed by atoms with Gasteiger partial charge in [-0.2, -0.15) is 0 Å². The summed E-state index contributed by atoms with van der Waals surface area (Å²) in [5, 5.41) is 13.8. The molecule has 1 heterocycles. The normalized spacial score (nSPS) is 13.9. The van der Waals surface area contributed by atoms with Crippen LogP contribution in [0.5, 0.6) is 5.75 Å². The lowest BCUT2D eigenvalue weighted by Gasteiger charge is -2.39. The largest absolute Gasteiger partial charge is 0.506 e. The molecule has 0 aliphatic carbocycles. The molecule has 3 rings (SSSR count). The summed E-state index contributed by atoms with van der Waals surface area (Å²) in [7, 11) is 0. The molecule has 0 saturated carbocycles. The molecule has 2 atom stereocenters. The van der Waals surface area contributed by atoms with Gasteiger partial charge in [0.25, 0.3) is 0 Å². The highest BCUT2D eigenvalue weighted by Gasteiger charge is 2.36. The third-order valence-electron chi connectivity index (χ3n) is 7.81. The quantitative estimate of drug-likeness (QED) is 0.142. The van der Waals surface area contributed by atoms with Crippen molar-refractivity contribution in [1.29, 1.82) is 0 Å². The zero-order valence-corrected chi connectivity index (χ0v) is 23.2. The molecule has 0 aliphatic heterocycles. The Morgan fingerprint density at radius 3 is 2.53 bits per heavy atom. The van der Waals surface area contributed by atoms with Gasteiger partial charge in [0.2, 0.25) is 5.56 Å². The molecule has 0 fully saturated rings. The number of H-pyrrole nitrogens is 1. The first-order valence-electron chi connectivity index (χ1n) is 14.1. The van der Waals surface area contributed by atoms with Crippen LogP contribution in [0.3, 0.4) is 0 Å². The number of carbonyl (C=O) groups excluding carboxylic acids is 1. The van der Waals surface area contributed by atoms with Crippen molar-refractivity contribution in [2.45, 2.75) is 71.1 Å². The fourth-order valence-corrected chi connectivity index (χ4v) is 5.42. The number of ether oxygens (including phenoxy) is 1. The Hall–Kier alpha value is -2.96. The maximum absolute atomic E-state index is 12.7. The molecular formula is C32H44N2O4. The number of rotatable bonds is 17. The van der Waals surface area contributed by atoms with Crippen molar-refractivity contribution in [2.24, 2.45) is 5.92 Å². The second-order valence-electron chi connectivity index (χ2n) is 10.4. The number of aromatic hydroxyl groups is 1. The maximum atomic E-state index is 12.7. The lowest BCUT2D eigenvalue weighted by Crippen LogP contribution is -2.38. The van der Waals surface area contributed by atoms with Gasteiger partial charge in [-0.25, -0.2) is 0 Å². The van der Waals surface area contributed by atoms with E-state index in [2.05, 4.69) is 61.4 Å². The monoisotopic (exact) mass is 520 g/mol. The molecule has 6 nitrogen and oxygen atoms in total. The Morgan fingerprint density at radius 1 is 1.03 bits per heavy atom. The molecule has 38 heavy (non-hydrogen) atoms. The maximum Gasteiger partial charge on any atom is 0.248 e. The van der Waals surface area contributed by atoms with Gasteiger partial charge < -0.3 is 20.1 Å². The van der Waals surface area contributed by atoms with E-state index in [0.29, 0.717) is 22.4 Å². The minimum Gasteiger partial charge on any atom is -0.506 e. The molecular weight excluding hydrogens is 476 g/mol. The molecule has 206 valence electrons. The number of hydrogen-bond donors (Lipinski definition) is 3. The summed E-state index contributed by atoms with van der Waals surface area (Å²) in [6, 6.07) is 16.9. The average molecular weight is 521 g/mol. The number of unbranched alkanes of at least 4 members (excludes halogenated alkanes) is 3. The highest BCUT2D eigenvalue weighted by Crippen LogP contribution is 2.39. The van der Waals surface area contributed by atoms with Crippen LogP contribution in [-0.2, 0) is 10.2 Å². The van der Waals surface area contributed by atoms with Gasteiger partial charge >= 0.3 is 0 Å². The summed E-state index contributed by atoms with van der Waals surface area (Å²) < 4.78 is 6.29. The summed E-state index contributed by atoms with van der Waals surface area (Å²) in [6.45, 7) is 9.41. The molecule has 0 saturated heterocycles. The van der Waals surface area contributed by atoms with E-state index in [1.54, 1.807) is 12.1 Å². The fraction of sp³-hybridized carbons (Fsp3) is 0.500. The molecule has 2 unspecified atom stereocenters. The number of phenols is 1. The highest BCUT2D eigenvalue weighted by atomic mass is 16.5. The first-order valence-corrected chi connectivity index (χ1v) is 14.1. The smallest absolute Gasteiger partial charge is 0.248 e. The second kappa shape index (κ2) is 14.8. The van der Waals surface area contributed by atoms with Crippen LogP contribution in [0, 0.1) is 5.92 Å². The SMILES string of the molecule is CCCC(COCCCCCCNCC(=O)c1ccc(O)c2[nH]c(=O)ccc12)(c1ccccc1)C(C)CC. The minimum absolute atomic E-state index is 0.0396. The van der Waals surface area contributed by atoms with E-state index in [1.165, 1.54) is 17.7 Å². The molecule has 3 N–H and O–H groups in total. The molecule has 0 amide bonds. The highest BCUT2D eigenvalue weighted by molar-refractivity contribution is 6.09. The Kier molecular flexibility index (Phi) is 11.6. The van der Waals surface area contributed by atoms with E-state index in [-0.39, 0.29) is 29.1 Å². The number of carbonyl (C=O) groups is 1. The topological polar surface area (TPSA) is 91.4 Å². The zero-order chi connectivity index (χ0) is 27.4. The van der Waals surface area contributed by atoms with Crippen molar-refractivity contribution in [2.75, 3.05) is 26.3 Å². The fourth-order valence-electron chi connectivity index (χ4n) is 5.42. The molecule has 1 aromatic heterocycles. The van der Waals surface area contributed by atoms with Crippen molar-refractivity contribution < 1.29 is 14.6 Å². The first-order chi connectivity index (χ1) is 18.4. The average Bonchev–Trinajstić information content (AvgIpc) is 2.93. The molecule has 0 bridgehead atoms. The number of aromatic amines is 1. The first kappa shape index (κ1) is 29.6. The molecule has 0 spiro atoms. The number of hydrogen-bond acceptors (Lipinski definition) is 5. The van der Waals surface area contributed by atoms with Crippen LogP contribution < -0.4 is 10.9 Å². The number of nitrogens with one attached hydrogen (secondary N) is 2. The molecule has 0 aliphatic rings. The van der Waals surface area contributed by atoms with Gasteiger partial charge in [0.1, 0.15) is 5.75 Å². The van der Waals surface area contributed by atoms with Crippen LogP contribution in [-0.4, -0.2) is 42.2 Å². The summed E-state index contributed by atoms with van der Waals surface area (Å²) in [5.74, 6) is 0.452. The van der Waals surface area contributed by atoms with Crippen molar-refractivity contribution in [3.8, 4) is 5.75 Å². The third kappa shape index (κ3) is 7.55. The standard InChI is InChI=1S/C32H44N2O4/c1-4-19-32(24(3)5-2,25-13-9-8-10-14-25)23-38-21-12-7-6-11-20-33-22-29(36)26-15-17-28(35)31-27(26)16-18-30(37)34-31/h8-10,13-18,24,33,35H,4-7,11-12,19-23H2,1-3H3,(H,34,37). The lowest BCUT2D eigenvalue weighted by molar-refractivity contribution is 0.0488. The van der Waals surface area contributed by atoms with Crippen molar-refractivity contribution >= 4 is 16.7 Å². The van der Waals surface area contributed by atoms with Gasteiger partial charge in [-0.1, -0.05) is 76.8 Å². The Labute approximate surface area is 226 Å². The van der Waals surface area contributed by atoms with Gasteiger partial charge in [-0.3, -0.25) is 9.59 Å². The van der Waals surface area contributed by atoms with E-state index >= 15 is 0 Å². The number of benzene rings is 2. The van der Waals surface area contributed by atoms with Crippen LogP contribution >= 0.6 is 0 Å². The van der Waals surface area contributed by atoms with E-state index < -0.39 is 0 Å². The molecule has 6 heteroatoms. The van der Waals surface area contributed by atoms with Gasteiger partial charge in [-0.15, -0.1) is 0 Å². The van der Waals surface area contributed by atoms with E-state index in [0.717, 1.165) is 64.7 Å². The number of pyridine rings is 1. The lowest BCUT2D eigenvalue weighted by atomic mass is 9.67. The number of fused-ring (bicyclic) bond motifs is 1. The summed E-state index contributed by atoms with van der Waals surface area (Å²) in [5.41, 5.74) is 1.94. The minimum atomic E-state index is -0.312. The Bertz CT molecular complexity index is 1210. The van der Waals surface area contributed by atoms with Crippen LogP contribution in [0.1, 0.15) is 81.6 Å². The van der Waals surface area contributed by atoms with Crippen LogP contribution in [0.25, 0.3) is 10.9 Å². The van der Waals surface area contributed by atoms with Crippen molar-refractivity contribution in [3.05, 3.63) is 76.1 Å². The van der Waals surface area contributed by atoms with Crippen LogP contribution in [0.15, 0.2) is 59.4 Å². The molecule has 2 aromatic carbocycles. The number of Topliss-reactive ketones (excluding diaryl/α,β-unsaturated/α-hetero) is 1. The third-order valence-corrected chi connectivity index (χ3v) is 7.81. The van der Waals surface area contributed by atoms with E-state index in [1.807, 2.05) is 0 Å². The number of phenolic OH excluding ortho intramolecular Hbond substituents is 1. The van der Waals surface area contributed by atoms with Gasteiger partial charge in [-0.05, 0) is 55.5 Å². The summed E-state index contributed by atoms with van der Waals surface area (Å²) in [4.78, 5) is 26.9. The van der Waals surface area contributed by atoms with Gasteiger partial charge in [0.15, 0.2) is 5.78 Å². The zero-order valence-electron chi connectivity index (χ0n) is 23.2. The molecule has 0 radical (unpaired) electrons. The van der Waals surface area contributed by atoms with Crippen molar-refractivity contribution in [3.63, 3.8) is 0 Å². The van der Waals surface area contributed by atoms with Crippen LogP contribution in [0.2, 0.25) is 0 Å². The number of aromatic nitrogens is 1. The number of ketones is 1. The predicted molar refractivity (Wildman–Crippen MR) is 155 cm³/mol.